The van der Waals surface area contributed by atoms with Gasteiger partial charge in [0.25, 0.3) is 0 Å². The minimum absolute atomic E-state index is 1.16. The molecule has 3 heterocycles. The van der Waals surface area contributed by atoms with Gasteiger partial charge >= 0.3 is 106 Å². The Morgan fingerprint density at radius 1 is 0.812 bits per heavy atom. The molecule has 1 atom stereocenters. The fourth-order valence-electron chi connectivity index (χ4n) is 5.32. The first kappa shape index (κ1) is 11.9. The molecule has 2 bridgehead atoms. The van der Waals surface area contributed by atoms with Gasteiger partial charge in [0.15, 0.2) is 0 Å². The summed E-state index contributed by atoms with van der Waals surface area (Å²) in [5.74, 6) is 3.52. The van der Waals surface area contributed by atoms with Gasteiger partial charge in [0, 0.05) is 0 Å². The summed E-state index contributed by atoms with van der Waals surface area (Å²) in [5, 5.41) is 0. The van der Waals surface area contributed by atoms with E-state index >= 15 is 0 Å². The van der Waals surface area contributed by atoms with Crippen molar-refractivity contribution >= 4 is 25.1 Å². The number of rotatable bonds is 1. The summed E-state index contributed by atoms with van der Waals surface area (Å²) in [6.45, 7) is 1.20. The molecule has 0 nitrogen and oxygen atoms in total. The van der Waals surface area contributed by atoms with Crippen LogP contribution in [0.15, 0.2) is 0 Å². The Morgan fingerprint density at radius 2 is 1.38 bits per heavy atom. The molecule has 90 valence electrons. The average molecular weight is 325 g/mol. The Bertz CT molecular complexity index is 241. The summed E-state index contributed by atoms with van der Waals surface area (Å²) >= 11 is -1.45. The second kappa shape index (κ2) is 4.51. The number of hydrogen-bond acceptors (Lipinski definition) is 0. The van der Waals surface area contributed by atoms with Gasteiger partial charge in [0.1, 0.15) is 0 Å². The second-order valence-electron chi connectivity index (χ2n) is 7.63. The van der Waals surface area contributed by atoms with Crippen LogP contribution in [-0.2, 0) is 0 Å². The zero-order valence-electron chi connectivity index (χ0n) is 11.2. The molecule has 0 aromatic carbocycles. The molecule has 0 N–H and O–H groups in total. The first-order valence-electron chi connectivity index (χ1n) is 7.66. The summed E-state index contributed by atoms with van der Waals surface area (Å²) in [5.41, 5.74) is 0. The van der Waals surface area contributed by atoms with Crippen LogP contribution in [0.3, 0.4) is 0 Å². The van der Waals surface area contributed by atoms with E-state index in [1.165, 1.54) is 12.5 Å². The average Bonchev–Trinajstić information content (AvgIpc) is 2.57. The summed E-state index contributed by atoms with van der Waals surface area (Å²) in [6, 6.07) is 0. The van der Waals surface area contributed by atoms with Crippen LogP contribution in [0.2, 0.25) is 36.2 Å². The predicted molar refractivity (Wildman–Crippen MR) is 76.4 cm³/mol. The summed E-state index contributed by atoms with van der Waals surface area (Å²) < 4.78 is 3.45. The molecular formula is C14H27BSn. The van der Waals surface area contributed by atoms with E-state index in [2.05, 4.69) is 9.88 Å². The summed E-state index contributed by atoms with van der Waals surface area (Å²) in [7, 11) is 0. The fourth-order valence-corrected chi connectivity index (χ4v) is 14.6. The van der Waals surface area contributed by atoms with Crippen LogP contribution in [0.5, 0.6) is 0 Å². The van der Waals surface area contributed by atoms with E-state index in [9.17, 15) is 0 Å². The Balaban J connectivity index is 1.73. The van der Waals surface area contributed by atoms with Crippen molar-refractivity contribution in [3.8, 4) is 0 Å². The topological polar surface area (TPSA) is 0 Å². The molecule has 0 amide bonds. The van der Waals surface area contributed by atoms with Gasteiger partial charge in [-0.25, -0.2) is 0 Å². The molecule has 3 fully saturated rings. The van der Waals surface area contributed by atoms with Crippen LogP contribution >= 0.6 is 0 Å². The fraction of sp³-hybridized carbons (Fsp3) is 1.00. The maximum absolute atomic E-state index is 2.70. The number of fused-ring (bicyclic) bond motifs is 2. The molecule has 3 aliphatic heterocycles. The van der Waals surface area contributed by atoms with Crippen molar-refractivity contribution in [1.29, 1.82) is 0 Å². The molecule has 3 aliphatic rings. The molecule has 2 heteroatoms. The Kier molecular flexibility index (Phi) is 3.36. The van der Waals surface area contributed by atoms with Crippen LogP contribution in [0.1, 0.15) is 44.9 Å². The molecular weight excluding hydrogens is 298 g/mol. The van der Waals surface area contributed by atoms with Crippen LogP contribution in [0, 0.1) is 0 Å². The zero-order valence-corrected chi connectivity index (χ0v) is 14.0. The summed E-state index contributed by atoms with van der Waals surface area (Å²) in [6.07, 6.45) is 11.1. The van der Waals surface area contributed by atoms with Gasteiger partial charge < -0.3 is 0 Å². The van der Waals surface area contributed by atoms with Gasteiger partial charge in [-0.15, -0.1) is 0 Å². The van der Waals surface area contributed by atoms with E-state index in [0.29, 0.717) is 0 Å². The van der Waals surface area contributed by atoms with Crippen LogP contribution < -0.4 is 0 Å². The first-order valence-corrected chi connectivity index (χ1v) is 17.4. The van der Waals surface area contributed by atoms with E-state index in [4.69, 9.17) is 0 Å². The molecule has 16 heavy (non-hydrogen) atoms. The summed E-state index contributed by atoms with van der Waals surface area (Å²) in [4.78, 5) is 5.40. The van der Waals surface area contributed by atoms with Crippen LogP contribution in [0.4, 0.5) is 0 Å². The molecule has 3 saturated heterocycles. The van der Waals surface area contributed by atoms with E-state index in [-0.39, 0.29) is 0 Å². The molecule has 0 saturated carbocycles. The van der Waals surface area contributed by atoms with Crippen LogP contribution in [0.25, 0.3) is 0 Å². The second-order valence-corrected chi connectivity index (χ2v) is 22.6. The Labute approximate surface area is 106 Å². The molecule has 0 radical (unpaired) electrons. The van der Waals surface area contributed by atoms with E-state index in [1.807, 2.05) is 0 Å². The molecule has 3 rings (SSSR count). The van der Waals surface area contributed by atoms with Gasteiger partial charge in [-0.2, -0.15) is 0 Å². The Hall–Kier alpha value is 0.864. The van der Waals surface area contributed by atoms with E-state index in [0.717, 1.165) is 11.6 Å². The Morgan fingerprint density at radius 3 is 1.81 bits per heavy atom. The van der Waals surface area contributed by atoms with Crippen LogP contribution in [-0.4, -0.2) is 25.1 Å². The third-order valence-electron chi connectivity index (χ3n) is 5.94. The van der Waals surface area contributed by atoms with Crippen molar-refractivity contribution in [3.05, 3.63) is 0 Å². The van der Waals surface area contributed by atoms with Gasteiger partial charge in [-0.1, -0.05) is 0 Å². The number of hydrogen-bond donors (Lipinski definition) is 0. The van der Waals surface area contributed by atoms with E-state index < -0.39 is 18.4 Å². The third-order valence-corrected chi connectivity index (χ3v) is 15.3. The van der Waals surface area contributed by atoms with Gasteiger partial charge in [-0.3, -0.25) is 0 Å². The van der Waals surface area contributed by atoms with Gasteiger partial charge in [0.05, 0.1) is 0 Å². The van der Waals surface area contributed by atoms with Crippen molar-refractivity contribution in [3.63, 3.8) is 0 Å². The third kappa shape index (κ3) is 2.22. The maximum atomic E-state index is 2.70. The zero-order chi connectivity index (χ0) is 11.2. The van der Waals surface area contributed by atoms with Gasteiger partial charge in [-0.05, 0) is 0 Å². The van der Waals surface area contributed by atoms with E-state index in [1.54, 1.807) is 53.8 Å². The molecule has 0 aromatic rings. The normalized spacial score (nSPS) is 42.4. The molecule has 0 aliphatic carbocycles. The van der Waals surface area contributed by atoms with Crippen molar-refractivity contribution < 1.29 is 0 Å². The predicted octanol–water partition coefficient (Wildman–Crippen LogP) is 5.07. The quantitative estimate of drug-likeness (QED) is 0.591. The van der Waals surface area contributed by atoms with Gasteiger partial charge in [0.2, 0.25) is 0 Å². The van der Waals surface area contributed by atoms with Crippen molar-refractivity contribution in [2.75, 3.05) is 0 Å². The minimum atomic E-state index is -1.45. The van der Waals surface area contributed by atoms with Crippen molar-refractivity contribution in [2.24, 2.45) is 0 Å². The SMILES string of the molecule is [CH3][Sn]1([CH3])[CH2]CC(B2C3CCCC2CCC3)[CH2]1. The van der Waals surface area contributed by atoms with Crippen molar-refractivity contribution in [1.82, 2.24) is 0 Å². The molecule has 0 aromatic heterocycles. The molecule has 0 spiro atoms. The monoisotopic (exact) mass is 326 g/mol. The van der Waals surface area contributed by atoms with Crippen molar-refractivity contribution in [2.45, 2.75) is 81.2 Å². The standard InChI is InChI=1S/C12H21B.2CH3.Sn/c1-3-10(2)13-11-6-4-7-12(13)9-5-8-11;;;/h10-12H,1-9H2;2*1H3;. The molecule has 1 unspecified atom stereocenters. The first-order chi connectivity index (χ1) is 7.66.